The van der Waals surface area contributed by atoms with Crippen molar-refractivity contribution in [2.45, 2.75) is 212 Å². The smallest absolute Gasteiger partial charge is 0.462 e. The fraction of sp³-hybridized carbons (Fsp3) is 0.760. The van der Waals surface area contributed by atoms with Gasteiger partial charge in [0.1, 0.15) is 12.7 Å². The molecule has 11 nitrogen and oxygen atoms in total. The quantitative estimate of drug-likeness (QED) is 0.0151. The van der Waals surface area contributed by atoms with Crippen LogP contribution in [0.5, 0.6) is 0 Å². The molecule has 0 aromatic carbocycles. The van der Waals surface area contributed by atoms with Crippen molar-refractivity contribution in [2.75, 3.05) is 26.4 Å². The summed E-state index contributed by atoms with van der Waals surface area (Å²) >= 11 is 0. The van der Waals surface area contributed by atoms with Gasteiger partial charge in [-0.3, -0.25) is 18.6 Å². The molecule has 2 unspecified atom stereocenters. The number of unbranched alkanes of at least 4 members (excludes halogenated alkanes) is 17. The Kier molecular flexibility index (Phi) is 42.2. The Bertz CT molecular complexity index is 1250. The van der Waals surface area contributed by atoms with E-state index in [0.29, 0.717) is 19.3 Å². The van der Waals surface area contributed by atoms with E-state index < -0.39 is 64.5 Å². The molecule has 0 spiro atoms. The summed E-state index contributed by atoms with van der Waals surface area (Å²) in [4.78, 5) is 35.1. The third-order valence-corrected chi connectivity index (χ3v) is 11.2. The highest BCUT2D eigenvalue weighted by molar-refractivity contribution is 7.47. The van der Waals surface area contributed by atoms with Crippen LogP contribution < -0.4 is 0 Å². The van der Waals surface area contributed by atoms with E-state index in [2.05, 4.69) is 61.8 Å². The molecule has 0 aromatic heterocycles. The van der Waals surface area contributed by atoms with Gasteiger partial charge in [0.15, 0.2) is 6.10 Å². The number of phosphoric ester groups is 1. The molecular formula is C50H89O11P. The van der Waals surface area contributed by atoms with Gasteiger partial charge in [0.05, 0.1) is 25.9 Å². The molecule has 0 amide bonds. The molecule has 0 heterocycles. The summed E-state index contributed by atoms with van der Waals surface area (Å²) in [6.07, 6.45) is 45.1. The zero-order chi connectivity index (χ0) is 45.8. The van der Waals surface area contributed by atoms with Crippen LogP contribution in [0.2, 0.25) is 0 Å². The molecule has 0 saturated carbocycles. The Morgan fingerprint density at radius 3 is 1.55 bits per heavy atom. The SMILES string of the molecule is CC/C=C\C/C=C\C/C=C\C/C=C\C=C\C(O)CCCC(=O)OC[C@H](COP(=O)(O)OC[C@@H](O)CO)OC(=O)CCCCCCCCCCCCCCCCCCCCC(C)C. The number of aliphatic hydroxyl groups excluding tert-OH is 3. The first-order chi connectivity index (χ1) is 30.0. The van der Waals surface area contributed by atoms with Gasteiger partial charge in [-0.05, 0) is 50.9 Å². The maximum absolute atomic E-state index is 12.7. The third-order valence-electron chi connectivity index (χ3n) is 10.2. The number of allylic oxidation sites excluding steroid dienone is 9. The molecule has 12 heteroatoms. The summed E-state index contributed by atoms with van der Waals surface area (Å²) in [5.41, 5.74) is 0. The van der Waals surface area contributed by atoms with Crippen LogP contribution >= 0.6 is 7.82 Å². The Labute approximate surface area is 377 Å². The monoisotopic (exact) mass is 897 g/mol. The summed E-state index contributed by atoms with van der Waals surface area (Å²) in [6, 6.07) is 0. The van der Waals surface area contributed by atoms with Gasteiger partial charge in [0.2, 0.25) is 0 Å². The van der Waals surface area contributed by atoms with Gasteiger partial charge in [-0.2, -0.15) is 0 Å². The summed E-state index contributed by atoms with van der Waals surface area (Å²) in [5, 5.41) is 28.6. The number of hydrogen-bond donors (Lipinski definition) is 4. The van der Waals surface area contributed by atoms with E-state index in [-0.39, 0.29) is 12.8 Å². The first-order valence-corrected chi connectivity index (χ1v) is 25.7. The van der Waals surface area contributed by atoms with Crippen molar-refractivity contribution >= 4 is 19.8 Å². The van der Waals surface area contributed by atoms with E-state index in [1.165, 1.54) is 96.3 Å². The number of carbonyl (C=O) groups is 2. The maximum Gasteiger partial charge on any atom is 0.472 e. The first kappa shape index (κ1) is 59.6. The molecule has 0 rings (SSSR count). The number of hydrogen-bond acceptors (Lipinski definition) is 10. The van der Waals surface area contributed by atoms with E-state index in [1.54, 1.807) is 12.2 Å². The highest BCUT2D eigenvalue weighted by atomic mass is 31.2. The summed E-state index contributed by atoms with van der Waals surface area (Å²) in [7, 11) is -4.67. The normalized spacial score (nSPS) is 14.8. The molecule has 0 aliphatic heterocycles. The summed E-state index contributed by atoms with van der Waals surface area (Å²) in [6.45, 7) is 4.41. The van der Waals surface area contributed by atoms with Gasteiger partial charge < -0.3 is 29.7 Å². The molecule has 0 aliphatic carbocycles. The van der Waals surface area contributed by atoms with Gasteiger partial charge in [-0.1, -0.05) is 197 Å². The van der Waals surface area contributed by atoms with Crippen LogP contribution in [0.15, 0.2) is 60.8 Å². The average molecular weight is 897 g/mol. The predicted octanol–water partition coefficient (Wildman–Crippen LogP) is 12.3. The molecule has 0 aliphatic rings. The number of esters is 2. The van der Waals surface area contributed by atoms with Crippen LogP contribution in [-0.4, -0.2) is 76.9 Å². The minimum absolute atomic E-state index is 0.00998. The lowest BCUT2D eigenvalue weighted by Crippen LogP contribution is -2.30. The van der Waals surface area contributed by atoms with Crippen molar-refractivity contribution in [2.24, 2.45) is 5.92 Å². The van der Waals surface area contributed by atoms with E-state index in [1.807, 2.05) is 12.2 Å². The van der Waals surface area contributed by atoms with Crippen molar-refractivity contribution < 1.29 is 52.9 Å². The van der Waals surface area contributed by atoms with E-state index >= 15 is 0 Å². The molecule has 0 saturated heterocycles. The average Bonchev–Trinajstić information content (AvgIpc) is 3.24. The zero-order valence-electron chi connectivity index (χ0n) is 39.1. The van der Waals surface area contributed by atoms with Gasteiger partial charge in [0, 0.05) is 12.8 Å². The van der Waals surface area contributed by atoms with Crippen molar-refractivity contribution in [1.29, 1.82) is 0 Å². The number of phosphoric acid groups is 1. The zero-order valence-corrected chi connectivity index (χ0v) is 40.0. The Balaban J connectivity index is 4.36. The fourth-order valence-electron chi connectivity index (χ4n) is 6.50. The van der Waals surface area contributed by atoms with Crippen LogP contribution in [0, 0.1) is 5.92 Å². The fourth-order valence-corrected chi connectivity index (χ4v) is 7.29. The van der Waals surface area contributed by atoms with Gasteiger partial charge in [-0.15, -0.1) is 0 Å². The molecule has 4 atom stereocenters. The van der Waals surface area contributed by atoms with E-state index in [0.717, 1.165) is 50.9 Å². The molecular weight excluding hydrogens is 808 g/mol. The van der Waals surface area contributed by atoms with Crippen LogP contribution in [0.4, 0.5) is 0 Å². The lowest BCUT2D eigenvalue weighted by atomic mass is 10.0. The Morgan fingerprint density at radius 1 is 0.565 bits per heavy atom. The molecule has 0 radical (unpaired) electrons. The van der Waals surface area contributed by atoms with E-state index in [9.17, 15) is 29.3 Å². The van der Waals surface area contributed by atoms with Crippen molar-refractivity contribution in [3.05, 3.63) is 60.8 Å². The minimum Gasteiger partial charge on any atom is -0.462 e. The number of rotatable bonds is 44. The van der Waals surface area contributed by atoms with Crippen LogP contribution in [-0.2, 0) is 32.7 Å². The summed E-state index contributed by atoms with van der Waals surface area (Å²) < 4.78 is 32.7. The van der Waals surface area contributed by atoms with Crippen LogP contribution in [0.3, 0.4) is 0 Å². The first-order valence-electron chi connectivity index (χ1n) is 24.2. The van der Waals surface area contributed by atoms with Crippen LogP contribution in [0.1, 0.15) is 194 Å². The van der Waals surface area contributed by atoms with Gasteiger partial charge in [-0.25, -0.2) is 4.57 Å². The molecule has 4 N–H and O–H groups in total. The molecule has 62 heavy (non-hydrogen) atoms. The predicted molar refractivity (Wildman–Crippen MR) is 253 cm³/mol. The minimum atomic E-state index is -4.67. The Morgan fingerprint density at radius 2 is 1.03 bits per heavy atom. The third kappa shape index (κ3) is 44.2. The van der Waals surface area contributed by atoms with Gasteiger partial charge >= 0.3 is 19.8 Å². The van der Waals surface area contributed by atoms with Crippen LogP contribution in [0.25, 0.3) is 0 Å². The molecule has 0 aromatic rings. The standard InChI is InChI=1S/C50H89O11P/c1-4-5-6-7-8-9-10-17-21-24-27-30-33-37-46(52)38-35-40-49(54)58-43-48(44-60-62(56,57)59-42-47(53)41-51)61-50(55)39-34-31-28-25-22-19-16-14-12-11-13-15-18-20-23-26-29-32-36-45(2)3/h5-6,8-9,17,21,27,30,33,37,45-48,51-53H,4,7,10-16,18-20,22-26,28-29,31-32,34-36,38-44H2,1-3H3,(H,56,57)/b6-5-,9-8-,21-17-,30-27-,37-33+/t46?,47-,48+/m0/s1. The number of ether oxygens (including phenoxy) is 2. The molecule has 0 bridgehead atoms. The molecule has 0 fully saturated rings. The topological polar surface area (TPSA) is 169 Å². The highest BCUT2D eigenvalue weighted by Gasteiger charge is 2.27. The molecule has 360 valence electrons. The van der Waals surface area contributed by atoms with Crippen molar-refractivity contribution in [1.82, 2.24) is 0 Å². The second-order valence-electron chi connectivity index (χ2n) is 16.8. The number of carbonyl (C=O) groups excluding carboxylic acids is 2. The van der Waals surface area contributed by atoms with Crippen molar-refractivity contribution in [3.63, 3.8) is 0 Å². The number of aliphatic hydroxyl groups is 3. The summed E-state index contributed by atoms with van der Waals surface area (Å²) in [5.74, 6) is -0.292. The second-order valence-corrected chi connectivity index (χ2v) is 18.2. The largest absolute Gasteiger partial charge is 0.472 e. The van der Waals surface area contributed by atoms with Crippen molar-refractivity contribution in [3.8, 4) is 0 Å². The maximum atomic E-state index is 12.7. The highest BCUT2D eigenvalue weighted by Crippen LogP contribution is 2.43. The lowest BCUT2D eigenvalue weighted by Gasteiger charge is -2.20. The van der Waals surface area contributed by atoms with E-state index in [4.69, 9.17) is 19.1 Å². The lowest BCUT2D eigenvalue weighted by molar-refractivity contribution is -0.161. The van der Waals surface area contributed by atoms with Gasteiger partial charge in [0.25, 0.3) is 0 Å². The Hall–Kier alpha value is -2.37. The second kappa shape index (κ2) is 43.9.